The summed E-state index contributed by atoms with van der Waals surface area (Å²) >= 11 is 0. The molecule has 200 valence electrons. The summed E-state index contributed by atoms with van der Waals surface area (Å²) in [4.78, 5) is 11.8. The topological polar surface area (TPSA) is 78.8 Å². The summed E-state index contributed by atoms with van der Waals surface area (Å²) in [5.74, 6) is -2.93. The number of benzene rings is 3. The van der Waals surface area contributed by atoms with Gasteiger partial charge in [0.1, 0.15) is 11.5 Å². The summed E-state index contributed by atoms with van der Waals surface area (Å²) in [6, 6.07) is 12.7. The maximum atomic E-state index is 13.4. The van der Waals surface area contributed by atoms with Crippen molar-refractivity contribution in [2.24, 2.45) is 5.10 Å². The van der Waals surface area contributed by atoms with E-state index < -0.39 is 68.3 Å². The van der Waals surface area contributed by atoms with Gasteiger partial charge in [0, 0.05) is 6.42 Å². The third-order valence-corrected chi connectivity index (χ3v) is 6.94. The maximum absolute atomic E-state index is 13.4. The summed E-state index contributed by atoms with van der Waals surface area (Å²) in [6.07, 6.45) is -10.3. The number of amides is 1. The van der Waals surface area contributed by atoms with Gasteiger partial charge in [-0.05, 0) is 48.0 Å². The predicted molar refractivity (Wildman–Crippen MR) is 122 cm³/mol. The van der Waals surface area contributed by atoms with Crippen LogP contribution in [0.1, 0.15) is 33.9 Å². The number of hydrogen-bond donors (Lipinski definition) is 1. The van der Waals surface area contributed by atoms with Gasteiger partial charge in [0.25, 0.3) is 15.9 Å². The first kappa shape index (κ1) is 27.1. The zero-order valence-electron chi connectivity index (χ0n) is 18.9. The van der Waals surface area contributed by atoms with E-state index in [4.69, 9.17) is 0 Å². The SMILES string of the molecule is O=C(NS(=O)(=O)c1ccc(N2N=C(C(F)(F)F)CC2c2ccccc2)cc1)c1ccc(F)cc1C(F)(F)F. The number of sulfonamides is 1. The van der Waals surface area contributed by atoms with Crippen molar-refractivity contribution >= 4 is 27.3 Å². The minimum Gasteiger partial charge on any atom is -0.268 e. The molecule has 3 aromatic rings. The molecule has 1 amide bonds. The zero-order valence-corrected chi connectivity index (χ0v) is 19.7. The second-order valence-electron chi connectivity index (χ2n) is 8.14. The summed E-state index contributed by atoms with van der Waals surface area (Å²) < 4.78 is 120. The lowest BCUT2D eigenvalue weighted by Gasteiger charge is -2.24. The summed E-state index contributed by atoms with van der Waals surface area (Å²) in [7, 11) is -4.71. The van der Waals surface area contributed by atoms with Gasteiger partial charge in [0.2, 0.25) is 0 Å². The van der Waals surface area contributed by atoms with Gasteiger partial charge in [0.15, 0.2) is 0 Å². The highest BCUT2D eigenvalue weighted by molar-refractivity contribution is 7.90. The standard InChI is InChI=1S/C24H16F7N3O3S/c25-15-6-11-18(19(12-15)23(26,27)28)22(35)33-38(36,37)17-9-7-16(8-10-17)34-20(14-4-2-1-3-5-14)13-21(32-34)24(29,30)31/h1-12,20H,13H2,(H,33,35). The van der Waals surface area contributed by atoms with Gasteiger partial charge in [-0.1, -0.05) is 30.3 Å². The molecule has 4 rings (SSSR count). The van der Waals surface area contributed by atoms with E-state index in [-0.39, 0.29) is 11.8 Å². The van der Waals surface area contributed by atoms with E-state index in [2.05, 4.69) is 5.10 Å². The molecule has 0 fully saturated rings. The van der Waals surface area contributed by atoms with Crippen molar-refractivity contribution in [1.82, 2.24) is 4.72 Å². The molecule has 0 bridgehead atoms. The molecule has 1 unspecified atom stereocenters. The number of nitrogens with one attached hydrogen (secondary N) is 1. The quantitative estimate of drug-likeness (QED) is 0.399. The zero-order chi connectivity index (χ0) is 27.9. The van der Waals surface area contributed by atoms with Gasteiger partial charge in [-0.15, -0.1) is 0 Å². The highest BCUT2D eigenvalue weighted by Crippen LogP contribution is 2.39. The molecule has 1 N–H and O–H groups in total. The van der Waals surface area contributed by atoms with Crippen LogP contribution < -0.4 is 9.73 Å². The summed E-state index contributed by atoms with van der Waals surface area (Å²) in [5.41, 5.74) is -3.19. The minimum absolute atomic E-state index is 0.0608. The Morgan fingerprint density at radius 3 is 2.11 bits per heavy atom. The normalized spacial score (nSPS) is 16.3. The Labute approximate surface area is 211 Å². The number of carbonyl (C=O) groups excluding carboxylic acids is 1. The molecule has 0 saturated heterocycles. The van der Waals surface area contributed by atoms with Crippen LogP contribution >= 0.6 is 0 Å². The van der Waals surface area contributed by atoms with E-state index in [0.717, 1.165) is 29.3 Å². The van der Waals surface area contributed by atoms with Crippen molar-refractivity contribution < 1.29 is 43.9 Å². The summed E-state index contributed by atoms with van der Waals surface area (Å²) in [5, 5.41) is 4.76. The molecule has 1 heterocycles. The van der Waals surface area contributed by atoms with Gasteiger partial charge in [-0.2, -0.15) is 31.4 Å². The van der Waals surface area contributed by atoms with Gasteiger partial charge < -0.3 is 0 Å². The fourth-order valence-electron chi connectivity index (χ4n) is 3.82. The van der Waals surface area contributed by atoms with Crippen LogP contribution in [0.25, 0.3) is 0 Å². The first-order valence-electron chi connectivity index (χ1n) is 10.7. The predicted octanol–water partition coefficient (Wildman–Crippen LogP) is 5.83. The number of anilines is 1. The van der Waals surface area contributed by atoms with Gasteiger partial charge in [0.05, 0.1) is 27.8 Å². The molecule has 6 nitrogen and oxygen atoms in total. The lowest BCUT2D eigenvalue weighted by molar-refractivity contribution is -0.138. The molecule has 0 aliphatic carbocycles. The highest BCUT2D eigenvalue weighted by Gasteiger charge is 2.43. The van der Waals surface area contributed by atoms with Crippen molar-refractivity contribution in [3.63, 3.8) is 0 Å². The molecule has 14 heteroatoms. The van der Waals surface area contributed by atoms with Crippen LogP contribution in [0.15, 0.2) is 82.8 Å². The summed E-state index contributed by atoms with van der Waals surface area (Å²) in [6.45, 7) is 0. The van der Waals surface area contributed by atoms with Crippen LogP contribution in [0.3, 0.4) is 0 Å². The Balaban J connectivity index is 1.61. The Morgan fingerprint density at radius 2 is 1.53 bits per heavy atom. The number of hydrogen-bond acceptors (Lipinski definition) is 5. The second-order valence-corrected chi connectivity index (χ2v) is 9.82. The molecular formula is C24H16F7N3O3S. The largest absolute Gasteiger partial charge is 0.431 e. The lowest BCUT2D eigenvalue weighted by atomic mass is 10.0. The van der Waals surface area contributed by atoms with Crippen LogP contribution in [0, 0.1) is 5.82 Å². The highest BCUT2D eigenvalue weighted by atomic mass is 32.2. The number of alkyl halides is 6. The molecule has 0 radical (unpaired) electrons. The average molecular weight is 559 g/mol. The van der Waals surface area contributed by atoms with Gasteiger partial charge >= 0.3 is 12.4 Å². The molecule has 1 aliphatic heterocycles. The Hall–Kier alpha value is -3.94. The van der Waals surface area contributed by atoms with E-state index in [1.807, 2.05) is 0 Å². The third-order valence-electron chi connectivity index (χ3n) is 5.59. The first-order valence-corrected chi connectivity index (χ1v) is 12.2. The Kier molecular flexibility index (Phi) is 6.95. The molecule has 0 spiro atoms. The average Bonchev–Trinajstić information content (AvgIpc) is 3.30. The van der Waals surface area contributed by atoms with E-state index in [0.29, 0.717) is 17.7 Å². The molecule has 1 atom stereocenters. The van der Waals surface area contributed by atoms with Crippen molar-refractivity contribution in [2.75, 3.05) is 5.01 Å². The smallest absolute Gasteiger partial charge is 0.268 e. The molecule has 1 aliphatic rings. The fourth-order valence-corrected chi connectivity index (χ4v) is 4.78. The van der Waals surface area contributed by atoms with Crippen LogP contribution in [0.4, 0.5) is 36.4 Å². The van der Waals surface area contributed by atoms with Crippen LogP contribution in [0.5, 0.6) is 0 Å². The van der Waals surface area contributed by atoms with Crippen molar-refractivity contribution in [2.45, 2.75) is 29.7 Å². The number of hydrazone groups is 1. The van der Waals surface area contributed by atoms with Crippen LogP contribution in [0.2, 0.25) is 0 Å². The first-order chi connectivity index (χ1) is 17.7. The van der Waals surface area contributed by atoms with Crippen molar-refractivity contribution in [1.29, 1.82) is 0 Å². The third kappa shape index (κ3) is 5.64. The minimum atomic E-state index is -5.14. The molecule has 38 heavy (non-hydrogen) atoms. The molecule has 3 aromatic carbocycles. The number of halogens is 7. The van der Waals surface area contributed by atoms with E-state index >= 15 is 0 Å². The Morgan fingerprint density at radius 1 is 0.895 bits per heavy atom. The van der Waals surface area contributed by atoms with E-state index in [1.165, 1.54) is 4.72 Å². The monoisotopic (exact) mass is 559 g/mol. The fraction of sp³-hybridized carbons (Fsp3) is 0.167. The van der Waals surface area contributed by atoms with E-state index in [9.17, 15) is 43.9 Å². The number of carbonyl (C=O) groups is 1. The van der Waals surface area contributed by atoms with Gasteiger partial charge in [-0.3, -0.25) is 9.80 Å². The maximum Gasteiger partial charge on any atom is 0.431 e. The van der Waals surface area contributed by atoms with Crippen molar-refractivity contribution in [3.8, 4) is 0 Å². The van der Waals surface area contributed by atoms with Gasteiger partial charge in [-0.25, -0.2) is 17.5 Å². The lowest BCUT2D eigenvalue weighted by Crippen LogP contribution is -2.32. The number of nitrogens with zero attached hydrogens (tertiary/aromatic N) is 2. The molecule has 0 saturated carbocycles. The van der Waals surface area contributed by atoms with E-state index in [1.54, 1.807) is 30.3 Å². The number of rotatable bonds is 5. The van der Waals surface area contributed by atoms with Crippen LogP contribution in [-0.2, 0) is 16.2 Å². The Bertz CT molecular complexity index is 1490. The van der Waals surface area contributed by atoms with Crippen molar-refractivity contribution in [3.05, 3.63) is 95.3 Å². The molecule has 0 aromatic heterocycles. The van der Waals surface area contributed by atoms with Crippen LogP contribution in [-0.4, -0.2) is 26.2 Å². The molecular weight excluding hydrogens is 543 g/mol. The second kappa shape index (κ2) is 9.74.